The molecule has 17 heavy (non-hydrogen) atoms. The third-order valence-electron chi connectivity index (χ3n) is 3.32. The topological polar surface area (TPSA) is 51.2 Å². The second-order valence-corrected chi connectivity index (χ2v) is 4.09. The van der Waals surface area contributed by atoms with Crippen molar-refractivity contribution >= 4 is 6.41 Å². The number of aromatic nitrogens is 1. The summed E-state index contributed by atoms with van der Waals surface area (Å²) in [6.07, 6.45) is 5.15. The molecule has 1 aromatic rings. The van der Waals surface area contributed by atoms with Gasteiger partial charge >= 0.3 is 0 Å². The molecule has 0 bridgehead atoms. The second kappa shape index (κ2) is 4.57. The van der Waals surface area contributed by atoms with E-state index in [0.717, 1.165) is 23.4 Å². The molecule has 1 aromatic heterocycles. The van der Waals surface area contributed by atoms with Crippen LogP contribution >= 0.6 is 0 Å². The molecule has 1 N–H and O–H groups in total. The van der Waals surface area contributed by atoms with Gasteiger partial charge in [-0.2, -0.15) is 0 Å². The Morgan fingerprint density at radius 1 is 1.65 bits per heavy atom. The molecule has 2 heterocycles. The average molecular weight is 232 g/mol. The molecule has 0 saturated heterocycles. The summed E-state index contributed by atoms with van der Waals surface area (Å²) in [7, 11) is 0. The predicted molar refractivity (Wildman–Crippen MR) is 64.7 cm³/mol. The summed E-state index contributed by atoms with van der Waals surface area (Å²) in [6, 6.07) is 3.71. The maximum Gasteiger partial charge on any atom is 0.208 e. The molecular formula is C13H16N2O2. The van der Waals surface area contributed by atoms with Crippen LogP contribution in [-0.4, -0.2) is 18.0 Å². The highest BCUT2D eigenvalue weighted by Crippen LogP contribution is 2.39. The number of nitrogens with zero attached hydrogens (tertiary/aromatic N) is 1. The molecule has 90 valence electrons. The van der Waals surface area contributed by atoms with Gasteiger partial charge in [-0.05, 0) is 31.6 Å². The van der Waals surface area contributed by atoms with Gasteiger partial charge in [0.25, 0.3) is 0 Å². The quantitative estimate of drug-likeness (QED) is 0.638. The summed E-state index contributed by atoms with van der Waals surface area (Å²) in [5, 5.41) is 2.91. The first kappa shape index (κ1) is 11.6. The van der Waals surface area contributed by atoms with E-state index in [9.17, 15) is 4.79 Å². The summed E-state index contributed by atoms with van der Waals surface area (Å²) in [5.41, 5.74) is 1.34. The van der Waals surface area contributed by atoms with Gasteiger partial charge in [0.15, 0.2) is 0 Å². The van der Waals surface area contributed by atoms with Gasteiger partial charge in [0, 0.05) is 12.6 Å². The number of pyridine rings is 1. The molecule has 0 saturated carbocycles. The fourth-order valence-corrected chi connectivity index (χ4v) is 2.25. The molecule has 0 spiro atoms. The van der Waals surface area contributed by atoms with Crippen LogP contribution in [0.15, 0.2) is 30.0 Å². The number of rotatable bonds is 3. The minimum Gasteiger partial charge on any atom is -0.491 e. The van der Waals surface area contributed by atoms with Crippen LogP contribution in [0.3, 0.4) is 0 Å². The Morgan fingerprint density at radius 2 is 2.47 bits per heavy atom. The van der Waals surface area contributed by atoms with Crippen LogP contribution in [0.25, 0.3) is 0 Å². The van der Waals surface area contributed by atoms with Crippen LogP contribution in [0.2, 0.25) is 0 Å². The lowest BCUT2D eigenvalue weighted by molar-refractivity contribution is -0.111. The average Bonchev–Trinajstić information content (AvgIpc) is 2.38. The molecule has 1 aliphatic rings. The number of fused-ring (bicyclic) bond motifs is 1. The lowest BCUT2D eigenvalue weighted by atomic mass is 9.82. The Kier molecular flexibility index (Phi) is 3.13. The normalized spacial score (nSPS) is 23.5. The van der Waals surface area contributed by atoms with E-state index in [-0.39, 0.29) is 0 Å². The van der Waals surface area contributed by atoms with E-state index in [1.165, 1.54) is 0 Å². The van der Waals surface area contributed by atoms with Crippen LogP contribution in [0.4, 0.5) is 0 Å². The zero-order chi connectivity index (χ0) is 12.3. The number of allylic oxidation sites excluding steroid dienone is 1. The fourth-order valence-electron chi connectivity index (χ4n) is 2.25. The Labute approximate surface area is 101 Å². The number of hydrogen-bond donors (Lipinski definition) is 1. The van der Waals surface area contributed by atoms with Gasteiger partial charge in [-0.25, -0.2) is 0 Å². The molecule has 0 aromatic carbocycles. The maximum absolute atomic E-state index is 10.9. The van der Waals surface area contributed by atoms with Crippen molar-refractivity contribution in [1.82, 2.24) is 10.3 Å². The number of hydrogen-bond acceptors (Lipinski definition) is 3. The van der Waals surface area contributed by atoms with Crippen molar-refractivity contribution in [1.29, 1.82) is 0 Å². The van der Waals surface area contributed by atoms with Gasteiger partial charge in [0.1, 0.15) is 17.0 Å². The van der Waals surface area contributed by atoms with Gasteiger partial charge in [-0.1, -0.05) is 6.08 Å². The van der Waals surface area contributed by atoms with Gasteiger partial charge in [0.05, 0.1) is 6.61 Å². The number of ether oxygens (including phenoxy) is 1. The largest absolute Gasteiger partial charge is 0.491 e. The maximum atomic E-state index is 10.9. The third-order valence-corrected chi connectivity index (χ3v) is 3.32. The first-order valence-corrected chi connectivity index (χ1v) is 5.67. The van der Waals surface area contributed by atoms with Crippen molar-refractivity contribution in [2.75, 3.05) is 6.61 Å². The van der Waals surface area contributed by atoms with E-state index in [0.29, 0.717) is 13.0 Å². The van der Waals surface area contributed by atoms with Crippen molar-refractivity contribution in [3.8, 4) is 5.75 Å². The lowest BCUT2D eigenvalue weighted by Gasteiger charge is -2.38. The SMILES string of the molecule is C/C=C(\C)[C@@]1(NC=O)CCOc2cccnc21. The van der Waals surface area contributed by atoms with E-state index in [1.807, 2.05) is 32.1 Å². The molecular weight excluding hydrogens is 216 g/mol. The van der Waals surface area contributed by atoms with Gasteiger partial charge in [-0.3, -0.25) is 9.78 Å². The first-order chi connectivity index (χ1) is 8.24. The molecule has 0 unspecified atom stereocenters. The summed E-state index contributed by atoms with van der Waals surface area (Å²) < 4.78 is 5.57. The Bertz CT molecular complexity index is 456. The third kappa shape index (κ3) is 1.79. The number of carbonyl (C=O) groups excluding carboxylic acids is 1. The minimum absolute atomic E-state index is 0.522. The standard InChI is InChI=1S/C13H16N2O2/c1-3-10(2)13(15-9-16)6-8-17-11-5-4-7-14-12(11)13/h3-5,7,9H,6,8H2,1-2H3,(H,15,16)/b10-3+/t13-/m0/s1. The summed E-state index contributed by atoms with van der Waals surface area (Å²) >= 11 is 0. The molecule has 1 atom stereocenters. The number of amides is 1. The van der Waals surface area contributed by atoms with Crippen molar-refractivity contribution < 1.29 is 9.53 Å². The van der Waals surface area contributed by atoms with Crippen molar-refractivity contribution in [3.05, 3.63) is 35.7 Å². The van der Waals surface area contributed by atoms with E-state index in [1.54, 1.807) is 6.20 Å². The molecule has 4 heteroatoms. The molecule has 0 aliphatic carbocycles. The Hall–Kier alpha value is -1.84. The second-order valence-electron chi connectivity index (χ2n) is 4.09. The van der Waals surface area contributed by atoms with E-state index in [2.05, 4.69) is 10.3 Å². The molecule has 1 aliphatic heterocycles. The molecule has 0 fully saturated rings. The summed E-state index contributed by atoms with van der Waals surface area (Å²) in [6.45, 7) is 4.53. The Morgan fingerprint density at radius 3 is 3.18 bits per heavy atom. The van der Waals surface area contributed by atoms with E-state index < -0.39 is 5.54 Å². The predicted octanol–water partition coefficient (Wildman–Crippen LogP) is 1.77. The van der Waals surface area contributed by atoms with Crippen LogP contribution in [0.5, 0.6) is 5.75 Å². The smallest absolute Gasteiger partial charge is 0.208 e. The van der Waals surface area contributed by atoms with Crippen molar-refractivity contribution in [2.45, 2.75) is 25.8 Å². The highest BCUT2D eigenvalue weighted by Gasteiger charge is 2.40. The van der Waals surface area contributed by atoms with E-state index >= 15 is 0 Å². The van der Waals surface area contributed by atoms with Crippen LogP contribution in [0.1, 0.15) is 26.0 Å². The minimum atomic E-state index is -0.522. The van der Waals surface area contributed by atoms with Crippen LogP contribution in [0, 0.1) is 0 Å². The van der Waals surface area contributed by atoms with Crippen molar-refractivity contribution in [2.24, 2.45) is 0 Å². The van der Waals surface area contributed by atoms with Crippen molar-refractivity contribution in [3.63, 3.8) is 0 Å². The fraction of sp³-hybridized carbons (Fsp3) is 0.385. The number of nitrogens with one attached hydrogen (secondary N) is 1. The van der Waals surface area contributed by atoms with Gasteiger partial charge < -0.3 is 10.1 Å². The highest BCUT2D eigenvalue weighted by molar-refractivity contribution is 5.54. The highest BCUT2D eigenvalue weighted by atomic mass is 16.5. The zero-order valence-electron chi connectivity index (χ0n) is 10.1. The molecule has 4 nitrogen and oxygen atoms in total. The lowest BCUT2D eigenvalue weighted by Crippen LogP contribution is -2.47. The summed E-state index contributed by atoms with van der Waals surface area (Å²) in [5.74, 6) is 0.745. The van der Waals surface area contributed by atoms with E-state index in [4.69, 9.17) is 4.74 Å². The van der Waals surface area contributed by atoms with Crippen LogP contribution < -0.4 is 10.1 Å². The molecule has 2 rings (SSSR count). The van der Waals surface area contributed by atoms with Gasteiger partial charge in [0.2, 0.25) is 6.41 Å². The zero-order valence-corrected chi connectivity index (χ0v) is 10.1. The Balaban J connectivity index is 2.58. The molecule has 0 radical (unpaired) electrons. The van der Waals surface area contributed by atoms with Gasteiger partial charge in [-0.15, -0.1) is 0 Å². The monoisotopic (exact) mass is 232 g/mol. The first-order valence-electron chi connectivity index (χ1n) is 5.67. The number of carbonyl (C=O) groups is 1. The summed E-state index contributed by atoms with van der Waals surface area (Å²) in [4.78, 5) is 15.3. The van der Waals surface area contributed by atoms with Crippen LogP contribution in [-0.2, 0) is 10.3 Å². The molecule has 1 amide bonds.